The molecule has 1 saturated carbocycles. The van der Waals surface area contributed by atoms with Crippen molar-refractivity contribution in [2.75, 3.05) is 20.7 Å². The smallest absolute Gasteiger partial charge is 0.0626 e. The zero-order chi connectivity index (χ0) is 9.26. The Labute approximate surface area is 81.3 Å². The largest absolute Gasteiger partial charge is 0.381 e. The molecule has 0 N–H and O–H groups in total. The first kappa shape index (κ1) is 9.47. The van der Waals surface area contributed by atoms with E-state index in [4.69, 9.17) is 4.74 Å². The van der Waals surface area contributed by atoms with E-state index in [2.05, 4.69) is 11.9 Å². The average molecular weight is 183 g/mol. The van der Waals surface area contributed by atoms with Gasteiger partial charge in [0.25, 0.3) is 0 Å². The van der Waals surface area contributed by atoms with Crippen LogP contribution in [-0.4, -0.2) is 37.7 Å². The van der Waals surface area contributed by atoms with Gasteiger partial charge in [0.15, 0.2) is 0 Å². The van der Waals surface area contributed by atoms with E-state index in [0.717, 1.165) is 12.0 Å². The Morgan fingerprint density at radius 2 is 1.92 bits per heavy atom. The molecule has 13 heavy (non-hydrogen) atoms. The molecule has 2 aliphatic rings. The van der Waals surface area contributed by atoms with Gasteiger partial charge in [-0.25, -0.2) is 0 Å². The molecule has 0 aromatic carbocycles. The molecule has 2 rings (SSSR count). The van der Waals surface area contributed by atoms with Gasteiger partial charge >= 0.3 is 0 Å². The van der Waals surface area contributed by atoms with Gasteiger partial charge in [0.1, 0.15) is 0 Å². The highest BCUT2D eigenvalue weighted by molar-refractivity contribution is 4.91. The van der Waals surface area contributed by atoms with Gasteiger partial charge in [0.05, 0.1) is 6.10 Å². The maximum atomic E-state index is 5.58. The highest BCUT2D eigenvalue weighted by atomic mass is 16.5. The lowest BCUT2D eigenvalue weighted by molar-refractivity contribution is -0.0484. The number of methoxy groups -OCH3 is 1. The van der Waals surface area contributed by atoms with Gasteiger partial charge in [-0.3, -0.25) is 0 Å². The van der Waals surface area contributed by atoms with E-state index in [9.17, 15) is 0 Å². The summed E-state index contributed by atoms with van der Waals surface area (Å²) in [5.41, 5.74) is 0. The second kappa shape index (κ2) is 3.97. The Morgan fingerprint density at radius 3 is 2.69 bits per heavy atom. The van der Waals surface area contributed by atoms with Crippen LogP contribution in [0.25, 0.3) is 0 Å². The fourth-order valence-corrected chi connectivity index (χ4v) is 3.12. The average Bonchev–Trinajstić information content (AvgIpc) is 2.19. The molecule has 0 bridgehead atoms. The minimum atomic E-state index is 0.543. The van der Waals surface area contributed by atoms with E-state index in [1.807, 2.05) is 7.11 Å². The van der Waals surface area contributed by atoms with E-state index in [-0.39, 0.29) is 0 Å². The molecule has 2 nitrogen and oxygen atoms in total. The maximum Gasteiger partial charge on any atom is 0.0626 e. The van der Waals surface area contributed by atoms with Crippen LogP contribution in [0.4, 0.5) is 0 Å². The zero-order valence-corrected chi connectivity index (χ0v) is 8.83. The SMILES string of the molecule is COC1CCN(C)C2CCCCC12. The van der Waals surface area contributed by atoms with Crippen molar-refractivity contribution in [3.05, 3.63) is 0 Å². The highest BCUT2D eigenvalue weighted by Crippen LogP contribution is 2.35. The number of piperidine rings is 1. The summed E-state index contributed by atoms with van der Waals surface area (Å²) in [7, 11) is 4.15. The Kier molecular flexibility index (Phi) is 2.89. The minimum absolute atomic E-state index is 0.543. The molecular weight excluding hydrogens is 162 g/mol. The standard InChI is InChI=1S/C11H21NO/c1-12-8-7-11(13-2)9-5-3-4-6-10(9)12/h9-11H,3-8H2,1-2H3. The number of likely N-dealkylation sites (tertiary alicyclic amines) is 1. The van der Waals surface area contributed by atoms with E-state index < -0.39 is 0 Å². The molecule has 2 heteroatoms. The summed E-state index contributed by atoms with van der Waals surface area (Å²) in [5, 5.41) is 0. The number of fused-ring (bicyclic) bond motifs is 1. The Hall–Kier alpha value is -0.0800. The van der Waals surface area contributed by atoms with E-state index >= 15 is 0 Å². The topological polar surface area (TPSA) is 12.5 Å². The molecule has 0 amide bonds. The van der Waals surface area contributed by atoms with Crippen LogP contribution in [0.5, 0.6) is 0 Å². The summed E-state index contributed by atoms with van der Waals surface area (Å²) in [6, 6.07) is 0.812. The minimum Gasteiger partial charge on any atom is -0.381 e. The molecule has 0 radical (unpaired) electrons. The van der Waals surface area contributed by atoms with Crippen LogP contribution >= 0.6 is 0 Å². The van der Waals surface area contributed by atoms with Gasteiger partial charge < -0.3 is 9.64 Å². The van der Waals surface area contributed by atoms with Crippen molar-refractivity contribution in [2.45, 2.75) is 44.2 Å². The molecule has 3 atom stereocenters. The molecule has 1 aliphatic carbocycles. The van der Waals surface area contributed by atoms with Gasteiger partial charge in [-0.15, -0.1) is 0 Å². The molecular formula is C11H21NO. The second-order valence-corrected chi connectivity index (χ2v) is 4.56. The maximum absolute atomic E-state index is 5.58. The van der Waals surface area contributed by atoms with Crippen molar-refractivity contribution in [3.8, 4) is 0 Å². The van der Waals surface area contributed by atoms with Gasteiger partial charge in [0, 0.05) is 25.6 Å². The van der Waals surface area contributed by atoms with Crippen molar-refractivity contribution in [1.29, 1.82) is 0 Å². The lowest BCUT2D eigenvalue weighted by Crippen LogP contribution is -2.51. The number of rotatable bonds is 1. The molecule has 0 aromatic heterocycles. The van der Waals surface area contributed by atoms with Crippen LogP contribution in [0.1, 0.15) is 32.1 Å². The fraction of sp³-hybridized carbons (Fsp3) is 1.00. The second-order valence-electron chi connectivity index (χ2n) is 4.56. The summed E-state index contributed by atoms with van der Waals surface area (Å²) < 4.78 is 5.58. The third-order valence-corrected chi connectivity index (χ3v) is 3.89. The Bertz CT molecular complexity index is 171. The predicted molar refractivity (Wildman–Crippen MR) is 53.8 cm³/mol. The lowest BCUT2D eigenvalue weighted by Gasteiger charge is -2.46. The molecule has 2 fully saturated rings. The first-order chi connectivity index (χ1) is 6.33. The third-order valence-electron chi connectivity index (χ3n) is 3.89. The Morgan fingerprint density at radius 1 is 1.15 bits per heavy atom. The predicted octanol–water partition coefficient (Wildman–Crippen LogP) is 1.90. The summed E-state index contributed by atoms with van der Waals surface area (Å²) in [4.78, 5) is 2.54. The Balaban J connectivity index is 2.05. The summed E-state index contributed by atoms with van der Waals surface area (Å²) in [6.45, 7) is 1.22. The quantitative estimate of drug-likeness (QED) is 0.615. The van der Waals surface area contributed by atoms with Crippen LogP contribution in [0, 0.1) is 5.92 Å². The number of hydrogen-bond donors (Lipinski definition) is 0. The van der Waals surface area contributed by atoms with Crippen LogP contribution in [0.15, 0.2) is 0 Å². The van der Waals surface area contributed by atoms with Crippen molar-refractivity contribution in [3.63, 3.8) is 0 Å². The number of hydrogen-bond acceptors (Lipinski definition) is 2. The van der Waals surface area contributed by atoms with Crippen molar-refractivity contribution in [2.24, 2.45) is 5.92 Å². The molecule has 1 aliphatic heterocycles. The van der Waals surface area contributed by atoms with Gasteiger partial charge in [-0.2, -0.15) is 0 Å². The highest BCUT2D eigenvalue weighted by Gasteiger charge is 2.37. The molecule has 0 aromatic rings. The number of nitrogens with zero attached hydrogens (tertiary/aromatic N) is 1. The molecule has 0 spiro atoms. The molecule has 76 valence electrons. The third kappa shape index (κ3) is 1.75. The van der Waals surface area contributed by atoms with Crippen LogP contribution in [-0.2, 0) is 4.74 Å². The summed E-state index contributed by atoms with van der Waals surface area (Å²) in [5.74, 6) is 0.817. The molecule has 1 saturated heterocycles. The summed E-state index contributed by atoms with van der Waals surface area (Å²) in [6.07, 6.45) is 7.38. The zero-order valence-electron chi connectivity index (χ0n) is 8.83. The molecule has 3 unspecified atom stereocenters. The number of ether oxygens (including phenoxy) is 1. The van der Waals surface area contributed by atoms with Crippen molar-refractivity contribution in [1.82, 2.24) is 4.90 Å². The first-order valence-corrected chi connectivity index (χ1v) is 5.56. The van der Waals surface area contributed by atoms with Crippen LogP contribution in [0.2, 0.25) is 0 Å². The monoisotopic (exact) mass is 183 g/mol. The van der Waals surface area contributed by atoms with Crippen LogP contribution < -0.4 is 0 Å². The summed E-state index contributed by atoms with van der Waals surface area (Å²) >= 11 is 0. The van der Waals surface area contributed by atoms with Gasteiger partial charge in [0.2, 0.25) is 0 Å². The lowest BCUT2D eigenvalue weighted by atomic mass is 9.77. The van der Waals surface area contributed by atoms with E-state index in [1.54, 1.807) is 0 Å². The van der Waals surface area contributed by atoms with E-state index in [1.165, 1.54) is 38.6 Å². The molecule has 1 heterocycles. The van der Waals surface area contributed by atoms with E-state index in [0.29, 0.717) is 6.10 Å². The first-order valence-electron chi connectivity index (χ1n) is 5.56. The van der Waals surface area contributed by atoms with Gasteiger partial charge in [-0.05, 0) is 26.3 Å². The van der Waals surface area contributed by atoms with Crippen molar-refractivity contribution >= 4 is 0 Å². The van der Waals surface area contributed by atoms with Crippen LogP contribution in [0.3, 0.4) is 0 Å². The normalized spacial score (nSPS) is 41.5. The van der Waals surface area contributed by atoms with Crippen molar-refractivity contribution < 1.29 is 4.74 Å². The van der Waals surface area contributed by atoms with Gasteiger partial charge in [-0.1, -0.05) is 12.8 Å². The fourth-order valence-electron chi connectivity index (χ4n) is 3.12.